The van der Waals surface area contributed by atoms with Crippen LogP contribution in [-0.2, 0) is 4.79 Å². The van der Waals surface area contributed by atoms with Crippen LogP contribution in [0.15, 0.2) is 56.8 Å². The molecule has 24 heavy (non-hydrogen) atoms. The van der Waals surface area contributed by atoms with Gasteiger partial charge in [-0.05, 0) is 47.7 Å². The maximum Gasteiger partial charge on any atom is 0.264 e. The van der Waals surface area contributed by atoms with E-state index in [1.54, 1.807) is 12.1 Å². The predicted molar refractivity (Wildman–Crippen MR) is 99.6 cm³/mol. The number of hydrogen-bond acceptors (Lipinski definition) is 5. The zero-order chi connectivity index (χ0) is 17.1. The van der Waals surface area contributed by atoms with Crippen LogP contribution in [-0.4, -0.2) is 23.3 Å². The molecule has 0 saturated carbocycles. The van der Waals surface area contributed by atoms with E-state index in [9.17, 15) is 9.90 Å². The average molecular weight is 405 g/mol. The summed E-state index contributed by atoms with van der Waals surface area (Å²) in [4.78, 5) is 17.0. The van der Waals surface area contributed by atoms with E-state index in [1.807, 2.05) is 30.3 Å². The van der Waals surface area contributed by atoms with Crippen molar-refractivity contribution in [3.63, 3.8) is 0 Å². The highest BCUT2D eigenvalue weighted by molar-refractivity contribution is 9.10. The van der Waals surface area contributed by atoms with Gasteiger partial charge in [0.25, 0.3) is 5.91 Å². The van der Waals surface area contributed by atoms with Crippen LogP contribution < -0.4 is 10.1 Å². The van der Waals surface area contributed by atoms with Gasteiger partial charge in [0.05, 0.1) is 17.7 Å². The maximum absolute atomic E-state index is 12.1. The monoisotopic (exact) mass is 404 g/mol. The average Bonchev–Trinajstić information content (AvgIpc) is 2.90. The molecule has 0 aliphatic carbocycles. The van der Waals surface area contributed by atoms with Crippen molar-refractivity contribution in [2.45, 2.75) is 0 Å². The van der Waals surface area contributed by atoms with Crippen LogP contribution in [0.25, 0.3) is 6.08 Å². The fraction of sp³-hybridized carbons (Fsp3) is 0.0588. The first-order valence-corrected chi connectivity index (χ1v) is 8.59. The number of methoxy groups -OCH3 is 1. The highest BCUT2D eigenvalue weighted by Crippen LogP contribution is 2.35. The number of nitrogens with zero attached hydrogens (tertiary/aromatic N) is 1. The molecule has 3 rings (SSSR count). The molecule has 0 bridgehead atoms. The maximum atomic E-state index is 12.1. The topological polar surface area (TPSA) is 70.9 Å². The van der Waals surface area contributed by atoms with E-state index in [1.165, 1.54) is 24.9 Å². The normalized spacial score (nSPS) is 17.3. The van der Waals surface area contributed by atoms with Crippen molar-refractivity contribution >= 4 is 50.5 Å². The van der Waals surface area contributed by atoms with Crippen molar-refractivity contribution in [1.82, 2.24) is 5.32 Å². The molecule has 2 aromatic rings. The van der Waals surface area contributed by atoms with Gasteiger partial charge >= 0.3 is 0 Å². The number of thioether (sulfide) groups is 1. The Morgan fingerprint density at radius 2 is 2.04 bits per heavy atom. The summed E-state index contributed by atoms with van der Waals surface area (Å²) in [6.45, 7) is 0. The van der Waals surface area contributed by atoms with E-state index in [0.717, 1.165) is 11.3 Å². The summed E-state index contributed by atoms with van der Waals surface area (Å²) >= 11 is 4.64. The van der Waals surface area contributed by atoms with E-state index in [2.05, 4.69) is 26.2 Å². The molecule has 1 saturated heterocycles. The van der Waals surface area contributed by atoms with E-state index < -0.39 is 0 Å². The van der Waals surface area contributed by atoms with Crippen LogP contribution >= 0.6 is 27.7 Å². The molecule has 1 heterocycles. The molecular formula is C17H13BrN2O3S. The number of amides is 1. The Balaban J connectivity index is 1.89. The molecule has 1 aliphatic heterocycles. The number of nitrogens with one attached hydrogen (secondary N) is 1. The number of ether oxygens (including phenoxy) is 1. The lowest BCUT2D eigenvalue weighted by atomic mass is 10.2. The van der Waals surface area contributed by atoms with Crippen LogP contribution in [0.5, 0.6) is 11.5 Å². The fourth-order valence-corrected chi connectivity index (χ4v) is 3.35. The molecule has 5 nitrogen and oxygen atoms in total. The minimum absolute atomic E-state index is 0.0291. The number of rotatable bonds is 3. The quantitative estimate of drug-likeness (QED) is 0.756. The highest BCUT2D eigenvalue weighted by Gasteiger charge is 2.24. The van der Waals surface area contributed by atoms with Gasteiger partial charge in [-0.25, -0.2) is 4.99 Å². The summed E-state index contributed by atoms with van der Waals surface area (Å²) in [6, 6.07) is 12.6. The third-order valence-electron chi connectivity index (χ3n) is 3.22. The lowest BCUT2D eigenvalue weighted by molar-refractivity contribution is -0.115. The Labute approximate surface area is 151 Å². The van der Waals surface area contributed by atoms with Gasteiger partial charge in [0.2, 0.25) is 0 Å². The Morgan fingerprint density at radius 1 is 1.29 bits per heavy atom. The molecule has 0 atom stereocenters. The molecule has 1 fully saturated rings. The van der Waals surface area contributed by atoms with Crippen LogP contribution in [0.3, 0.4) is 0 Å². The number of carbonyl (C=O) groups excluding carboxylic acids is 1. The second-order valence-electron chi connectivity index (χ2n) is 4.86. The molecule has 0 aromatic heterocycles. The van der Waals surface area contributed by atoms with Crippen molar-refractivity contribution in [3.8, 4) is 11.5 Å². The minimum atomic E-state index is -0.214. The zero-order valence-corrected chi connectivity index (χ0v) is 15.0. The first kappa shape index (κ1) is 16.6. The highest BCUT2D eigenvalue weighted by atomic mass is 79.9. The Hall–Kier alpha value is -2.25. The van der Waals surface area contributed by atoms with Crippen LogP contribution in [0, 0.1) is 0 Å². The molecule has 0 spiro atoms. The molecular weight excluding hydrogens is 392 g/mol. The lowest BCUT2D eigenvalue weighted by Crippen LogP contribution is -2.19. The van der Waals surface area contributed by atoms with Crippen molar-refractivity contribution in [2.75, 3.05) is 7.11 Å². The molecule has 7 heteroatoms. The third kappa shape index (κ3) is 3.63. The Morgan fingerprint density at radius 3 is 2.75 bits per heavy atom. The second kappa shape index (κ2) is 7.11. The van der Waals surface area contributed by atoms with Crippen molar-refractivity contribution in [2.24, 2.45) is 4.99 Å². The molecule has 1 amide bonds. The number of phenols is 1. The first-order valence-electron chi connectivity index (χ1n) is 6.98. The number of carbonyl (C=O) groups is 1. The van der Waals surface area contributed by atoms with Gasteiger partial charge in [-0.2, -0.15) is 0 Å². The number of hydrogen-bond donors (Lipinski definition) is 2. The molecule has 2 aromatic carbocycles. The Kier molecular flexibility index (Phi) is 4.92. The van der Waals surface area contributed by atoms with Crippen LogP contribution in [0.2, 0.25) is 0 Å². The second-order valence-corrected chi connectivity index (χ2v) is 6.75. The molecule has 2 N–H and O–H groups in total. The standard InChI is InChI=1S/C17H13BrN2O3S/c1-23-14-7-10(12(18)9-13(14)21)8-15-16(22)20-17(24-15)19-11-5-3-2-4-6-11/h2-9,21H,1H3,(H,19,20,22)/b15-8+. The van der Waals surface area contributed by atoms with E-state index >= 15 is 0 Å². The van der Waals surface area contributed by atoms with Gasteiger partial charge in [0.1, 0.15) is 0 Å². The summed E-state index contributed by atoms with van der Waals surface area (Å²) in [5.41, 5.74) is 1.50. The minimum Gasteiger partial charge on any atom is -0.504 e. The smallest absolute Gasteiger partial charge is 0.264 e. The summed E-state index contributed by atoms with van der Waals surface area (Å²) in [7, 11) is 1.47. The van der Waals surface area contributed by atoms with Gasteiger partial charge in [-0.1, -0.05) is 34.1 Å². The van der Waals surface area contributed by atoms with Gasteiger partial charge in [0, 0.05) is 4.47 Å². The van der Waals surface area contributed by atoms with Crippen molar-refractivity contribution in [3.05, 3.63) is 57.4 Å². The van der Waals surface area contributed by atoms with Crippen molar-refractivity contribution in [1.29, 1.82) is 0 Å². The largest absolute Gasteiger partial charge is 0.504 e. The number of para-hydroxylation sites is 1. The molecule has 0 unspecified atom stereocenters. The van der Waals surface area contributed by atoms with Gasteiger partial charge in [0.15, 0.2) is 16.7 Å². The lowest BCUT2D eigenvalue weighted by Gasteiger charge is -2.06. The van der Waals surface area contributed by atoms with E-state index in [4.69, 9.17) is 4.74 Å². The molecule has 122 valence electrons. The number of halogens is 1. The number of benzene rings is 2. The van der Waals surface area contributed by atoms with E-state index in [0.29, 0.717) is 20.3 Å². The predicted octanol–water partition coefficient (Wildman–Crippen LogP) is 4.05. The number of amidine groups is 1. The zero-order valence-electron chi connectivity index (χ0n) is 12.6. The summed E-state index contributed by atoms with van der Waals surface area (Å²) in [5, 5.41) is 13.0. The summed E-state index contributed by atoms with van der Waals surface area (Å²) in [5.74, 6) is 0.154. The van der Waals surface area contributed by atoms with Crippen LogP contribution in [0.1, 0.15) is 5.56 Å². The molecule has 0 radical (unpaired) electrons. The van der Waals surface area contributed by atoms with E-state index in [-0.39, 0.29) is 11.7 Å². The van der Waals surface area contributed by atoms with Gasteiger partial charge in [-0.3, -0.25) is 4.79 Å². The number of aromatic hydroxyl groups is 1. The van der Waals surface area contributed by atoms with Gasteiger partial charge < -0.3 is 15.2 Å². The fourth-order valence-electron chi connectivity index (χ4n) is 2.07. The Bertz CT molecular complexity index is 850. The first-order chi connectivity index (χ1) is 11.6. The number of aliphatic imine (C=N–C) groups is 1. The number of phenolic OH excluding ortho intramolecular Hbond substituents is 1. The van der Waals surface area contributed by atoms with Gasteiger partial charge in [-0.15, -0.1) is 0 Å². The van der Waals surface area contributed by atoms with Crippen LogP contribution in [0.4, 0.5) is 5.69 Å². The summed E-state index contributed by atoms with van der Waals surface area (Å²) < 4.78 is 5.76. The SMILES string of the molecule is COc1cc(/C=C2/SC(=Nc3ccccc3)NC2=O)c(Br)cc1O. The van der Waals surface area contributed by atoms with Crippen molar-refractivity contribution < 1.29 is 14.6 Å². The summed E-state index contributed by atoms with van der Waals surface area (Å²) in [6.07, 6.45) is 1.72. The molecule has 1 aliphatic rings. The third-order valence-corrected chi connectivity index (χ3v) is 4.82.